The molecule has 0 aromatic carbocycles. The number of hydrogen-bond donors (Lipinski definition) is 2. The number of nitrogens with zero attached hydrogens (tertiary/aromatic N) is 1. The molecular weight excluding hydrogens is 200 g/mol. The topological polar surface area (TPSA) is 48.9 Å². The predicted octanol–water partition coefficient (Wildman–Crippen LogP) is 2.44. The first-order chi connectivity index (χ1) is 6.48. The molecule has 2 aromatic rings. The summed E-state index contributed by atoms with van der Waals surface area (Å²) in [5, 5.41) is 11.1. The second-order valence-corrected chi connectivity index (χ2v) is 4.16. The fraction of sp³-hybridized carbons (Fsp3) is 0.300. The van der Waals surface area contributed by atoms with E-state index in [0.717, 1.165) is 16.6 Å². The van der Waals surface area contributed by atoms with Crippen molar-refractivity contribution >= 4 is 22.5 Å². The maximum atomic E-state index is 9.79. The highest BCUT2D eigenvalue weighted by Crippen LogP contribution is 2.27. The first kappa shape index (κ1) is 9.49. The van der Waals surface area contributed by atoms with E-state index in [1.54, 1.807) is 20.0 Å². The maximum Gasteiger partial charge on any atom is 0.138 e. The molecule has 4 heteroatoms. The minimum Gasteiger partial charge on any atom is -0.384 e. The molecule has 2 aromatic heterocycles. The molecule has 3 nitrogen and oxygen atoms in total. The molecule has 0 saturated heterocycles. The van der Waals surface area contributed by atoms with Gasteiger partial charge in [0.05, 0.1) is 11.1 Å². The van der Waals surface area contributed by atoms with Crippen molar-refractivity contribution in [3.63, 3.8) is 0 Å². The summed E-state index contributed by atoms with van der Waals surface area (Å²) in [4.78, 5) is 7.07. The third kappa shape index (κ3) is 1.49. The summed E-state index contributed by atoms with van der Waals surface area (Å²) in [5.41, 5.74) is 0.743. The molecule has 0 aliphatic rings. The van der Waals surface area contributed by atoms with Crippen LogP contribution >= 0.6 is 11.6 Å². The molecule has 2 rings (SSSR count). The number of fused-ring (bicyclic) bond motifs is 1. The lowest BCUT2D eigenvalue weighted by Gasteiger charge is -2.14. The van der Waals surface area contributed by atoms with E-state index in [-0.39, 0.29) is 0 Å². The van der Waals surface area contributed by atoms with E-state index in [2.05, 4.69) is 9.97 Å². The van der Waals surface area contributed by atoms with Gasteiger partial charge in [-0.1, -0.05) is 11.6 Å². The van der Waals surface area contributed by atoms with Gasteiger partial charge in [-0.2, -0.15) is 0 Å². The lowest BCUT2D eigenvalue weighted by Crippen LogP contribution is -2.15. The third-order valence-electron chi connectivity index (χ3n) is 2.16. The summed E-state index contributed by atoms with van der Waals surface area (Å²) < 4.78 is 0. The van der Waals surface area contributed by atoms with Crippen LogP contribution in [-0.4, -0.2) is 15.1 Å². The molecule has 0 fully saturated rings. The van der Waals surface area contributed by atoms with E-state index in [1.165, 1.54) is 0 Å². The minimum absolute atomic E-state index is 0.453. The first-order valence-corrected chi connectivity index (χ1v) is 4.72. The first-order valence-electron chi connectivity index (χ1n) is 4.34. The van der Waals surface area contributed by atoms with Crippen molar-refractivity contribution in [1.82, 2.24) is 9.97 Å². The van der Waals surface area contributed by atoms with Crippen molar-refractivity contribution in [2.75, 3.05) is 0 Å². The van der Waals surface area contributed by atoms with Gasteiger partial charge in [-0.15, -0.1) is 0 Å². The molecule has 0 saturated carbocycles. The Morgan fingerprint density at radius 1 is 1.50 bits per heavy atom. The Morgan fingerprint density at radius 2 is 2.21 bits per heavy atom. The van der Waals surface area contributed by atoms with Gasteiger partial charge in [0.15, 0.2) is 0 Å². The van der Waals surface area contributed by atoms with E-state index >= 15 is 0 Å². The van der Waals surface area contributed by atoms with Gasteiger partial charge in [0, 0.05) is 17.3 Å². The zero-order chi connectivity index (χ0) is 10.3. The molecular formula is C10H11ClN2O. The van der Waals surface area contributed by atoms with E-state index < -0.39 is 5.60 Å². The van der Waals surface area contributed by atoms with Crippen LogP contribution in [0.5, 0.6) is 0 Å². The van der Waals surface area contributed by atoms with Crippen LogP contribution in [0.4, 0.5) is 0 Å². The van der Waals surface area contributed by atoms with Crippen molar-refractivity contribution in [1.29, 1.82) is 0 Å². The summed E-state index contributed by atoms with van der Waals surface area (Å²) in [6.07, 6.45) is 1.63. The Morgan fingerprint density at radius 3 is 2.79 bits per heavy atom. The van der Waals surface area contributed by atoms with Crippen LogP contribution < -0.4 is 0 Å². The van der Waals surface area contributed by atoms with Gasteiger partial charge in [0.1, 0.15) is 5.15 Å². The van der Waals surface area contributed by atoms with Gasteiger partial charge in [-0.05, 0) is 26.0 Å². The zero-order valence-electron chi connectivity index (χ0n) is 8.00. The molecule has 0 bridgehead atoms. The van der Waals surface area contributed by atoms with E-state index in [4.69, 9.17) is 11.6 Å². The summed E-state index contributed by atoms with van der Waals surface area (Å²) in [6.45, 7) is 3.44. The molecule has 0 spiro atoms. The van der Waals surface area contributed by atoms with Crippen LogP contribution in [0.25, 0.3) is 10.9 Å². The number of pyridine rings is 1. The van der Waals surface area contributed by atoms with Crippen LogP contribution in [0.1, 0.15) is 19.5 Å². The zero-order valence-corrected chi connectivity index (χ0v) is 8.76. The van der Waals surface area contributed by atoms with E-state index in [1.807, 2.05) is 12.1 Å². The van der Waals surface area contributed by atoms with Gasteiger partial charge in [0.2, 0.25) is 0 Å². The molecule has 0 aliphatic heterocycles. The van der Waals surface area contributed by atoms with Gasteiger partial charge in [0.25, 0.3) is 0 Å². The molecule has 0 radical (unpaired) electrons. The molecule has 0 aliphatic carbocycles. The highest BCUT2D eigenvalue weighted by molar-refractivity contribution is 6.34. The molecule has 14 heavy (non-hydrogen) atoms. The Balaban J connectivity index is 2.69. The number of nitrogens with one attached hydrogen (secondary N) is 1. The molecule has 2 heterocycles. The van der Waals surface area contributed by atoms with Gasteiger partial charge in [-0.3, -0.25) is 0 Å². The summed E-state index contributed by atoms with van der Waals surface area (Å²) in [7, 11) is 0. The van der Waals surface area contributed by atoms with Crippen LogP contribution in [0.2, 0.25) is 5.15 Å². The smallest absolute Gasteiger partial charge is 0.138 e. The molecule has 0 unspecified atom stereocenters. The van der Waals surface area contributed by atoms with Crippen LogP contribution in [0.15, 0.2) is 18.3 Å². The number of aromatic nitrogens is 2. The minimum atomic E-state index is -0.887. The van der Waals surface area contributed by atoms with Crippen LogP contribution in [0, 0.1) is 0 Å². The number of halogens is 1. The standard InChI is InChI=1S/C10H11ClN2O/c1-10(2,14)8-5-6-7(13-8)3-4-12-9(6)11/h3-5,13-14H,1-2H3. The van der Waals surface area contributed by atoms with E-state index in [0.29, 0.717) is 5.15 Å². The number of H-pyrrole nitrogens is 1. The number of aliphatic hydroxyl groups is 1. The average molecular weight is 211 g/mol. The van der Waals surface area contributed by atoms with Crippen molar-refractivity contribution in [2.24, 2.45) is 0 Å². The van der Waals surface area contributed by atoms with Crippen molar-refractivity contribution in [3.05, 3.63) is 29.2 Å². The molecule has 74 valence electrons. The van der Waals surface area contributed by atoms with E-state index in [9.17, 15) is 5.11 Å². The van der Waals surface area contributed by atoms with Gasteiger partial charge >= 0.3 is 0 Å². The third-order valence-corrected chi connectivity index (χ3v) is 2.46. The Hall–Kier alpha value is -1.06. The van der Waals surface area contributed by atoms with Crippen molar-refractivity contribution in [3.8, 4) is 0 Å². The van der Waals surface area contributed by atoms with Gasteiger partial charge < -0.3 is 10.1 Å². The molecule has 0 atom stereocenters. The molecule has 2 N–H and O–H groups in total. The maximum absolute atomic E-state index is 9.79. The predicted molar refractivity (Wildman–Crippen MR) is 56.3 cm³/mol. The highest BCUT2D eigenvalue weighted by atomic mass is 35.5. The fourth-order valence-electron chi connectivity index (χ4n) is 1.35. The Kier molecular flexibility index (Phi) is 2.01. The highest BCUT2D eigenvalue weighted by Gasteiger charge is 2.19. The number of aromatic amines is 1. The summed E-state index contributed by atoms with van der Waals surface area (Å²) in [5.74, 6) is 0. The monoisotopic (exact) mass is 210 g/mol. The van der Waals surface area contributed by atoms with Crippen molar-refractivity contribution < 1.29 is 5.11 Å². The van der Waals surface area contributed by atoms with Gasteiger partial charge in [-0.25, -0.2) is 4.98 Å². The fourth-order valence-corrected chi connectivity index (χ4v) is 1.56. The summed E-state index contributed by atoms with van der Waals surface area (Å²) >= 11 is 5.91. The summed E-state index contributed by atoms with van der Waals surface area (Å²) in [6, 6.07) is 3.65. The second kappa shape index (κ2) is 2.97. The van der Waals surface area contributed by atoms with Crippen LogP contribution in [-0.2, 0) is 5.60 Å². The number of rotatable bonds is 1. The Labute approximate surface area is 86.7 Å². The van der Waals surface area contributed by atoms with Crippen molar-refractivity contribution in [2.45, 2.75) is 19.4 Å². The normalized spacial score (nSPS) is 12.3. The second-order valence-electron chi connectivity index (χ2n) is 3.81. The largest absolute Gasteiger partial charge is 0.384 e. The molecule has 0 amide bonds. The lowest BCUT2D eigenvalue weighted by molar-refractivity contribution is 0.0747. The quantitative estimate of drug-likeness (QED) is 0.711. The Bertz CT molecular complexity index is 470. The lowest BCUT2D eigenvalue weighted by atomic mass is 10.1. The number of hydrogen-bond acceptors (Lipinski definition) is 2. The average Bonchev–Trinajstić information content (AvgIpc) is 2.48. The SMILES string of the molecule is CC(C)(O)c1cc2c(Cl)nccc2[nH]1. The van der Waals surface area contributed by atoms with Crippen LogP contribution in [0.3, 0.4) is 0 Å².